The molecule has 0 fully saturated rings. The van der Waals surface area contributed by atoms with Gasteiger partial charge in [-0.25, -0.2) is 0 Å². The van der Waals surface area contributed by atoms with Crippen LogP contribution in [0.25, 0.3) is 0 Å². The standard InChI is InChI=1S/C17H29ClN2O2/c1-4-6-21-16-9-17(22-7-5-2)15(18)8-14(16)12(3)13(10-19)11-20/h8-9,12-13H,4-7,10-11,19-20H2,1-3H3. The summed E-state index contributed by atoms with van der Waals surface area (Å²) in [6.07, 6.45) is 1.88. The molecule has 0 aromatic heterocycles. The van der Waals surface area contributed by atoms with E-state index in [-0.39, 0.29) is 11.8 Å². The second-order valence-electron chi connectivity index (χ2n) is 5.54. The summed E-state index contributed by atoms with van der Waals surface area (Å²) in [4.78, 5) is 0. The van der Waals surface area contributed by atoms with E-state index >= 15 is 0 Å². The number of rotatable bonds is 10. The van der Waals surface area contributed by atoms with Crippen LogP contribution in [0.15, 0.2) is 12.1 Å². The molecule has 0 saturated heterocycles. The quantitative estimate of drug-likeness (QED) is 0.689. The van der Waals surface area contributed by atoms with Crippen LogP contribution in [0.4, 0.5) is 0 Å². The summed E-state index contributed by atoms with van der Waals surface area (Å²) >= 11 is 6.36. The van der Waals surface area contributed by atoms with Crippen molar-refractivity contribution >= 4 is 11.6 Å². The van der Waals surface area contributed by atoms with Gasteiger partial charge in [0.15, 0.2) is 0 Å². The molecule has 0 saturated carbocycles. The summed E-state index contributed by atoms with van der Waals surface area (Å²) < 4.78 is 11.6. The van der Waals surface area contributed by atoms with E-state index in [4.69, 9.17) is 32.5 Å². The van der Waals surface area contributed by atoms with E-state index in [1.807, 2.05) is 12.1 Å². The Labute approximate surface area is 139 Å². The molecule has 0 amide bonds. The molecule has 0 heterocycles. The van der Waals surface area contributed by atoms with Crippen molar-refractivity contribution in [3.63, 3.8) is 0 Å². The van der Waals surface area contributed by atoms with E-state index in [1.54, 1.807) is 0 Å². The molecule has 0 radical (unpaired) electrons. The van der Waals surface area contributed by atoms with Crippen LogP contribution in [-0.4, -0.2) is 26.3 Å². The Morgan fingerprint density at radius 1 is 1.00 bits per heavy atom. The fraction of sp³-hybridized carbons (Fsp3) is 0.647. The molecule has 126 valence electrons. The lowest BCUT2D eigenvalue weighted by Crippen LogP contribution is -2.28. The largest absolute Gasteiger partial charge is 0.493 e. The Hall–Kier alpha value is -0.970. The summed E-state index contributed by atoms with van der Waals surface area (Å²) in [6.45, 7) is 8.62. The zero-order valence-electron chi connectivity index (χ0n) is 13.9. The molecule has 0 spiro atoms. The third kappa shape index (κ3) is 5.04. The fourth-order valence-corrected chi connectivity index (χ4v) is 2.55. The van der Waals surface area contributed by atoms with Crippen molar-refractivity contribution in [2.24, 2.45) is 17.4 Å². The van der Waals surface area contributed by atoms with Crippen molar-refractivity contribution in [3.8, 4) is 11.5 Å². The molecule has 0 aliphatic heterocycles. The lowest BCUT2D eigenvalue weighted by atomic mass is 9.87. The second kappa shape index (κ2) is 9.93. The maximum absolute atomic E-state index is 6.36. The molecule has 0 aliphatic carbocycles. The Kier molecular flexibility index (Phi) is 8.61. The van der Waals surface area contributed by atoms with Crippen LogP contribution in [0, 0.1) is 5.92 Å². The van der Waals surface area contributed by atoms with Crippen LogP contribution in [0.2, 0.25) is 5.02 Å². The van der Waals surface area contributed by atoms with Gasteiger partial charge in [-0.3, -0.25) is 0 Å². The average molecular weight is 329 g/mol. The van der Waals surface area contributed by atoms with Crippen molar-refractivity contribution in [2.75, 3.05) is 26.3 Å². The van der Waals surface area contributed by atoms with Gasteiger partial charge in [0.25, 0.3) is 0 Å². The van der Waals surface area contributed by atoms with Gasteiger partial charge < -0.3 is 20.9 Å². The zero-order chi connectivity index (χ0) is 16.5. The smallest absolute Gasteiger partial charge is 0.141 e. The first-order valence-corrected chi connectivity index (χ1v) is 8.45. The monoisotopic (exact) mass is 328 g/mol. The lowest BCUT2D eigenvalue weighted by molar-refractivity contribution is 0.296. The molecular formula is C17H29ClN2O2. The topological polar surface area (TPSA) is 70.5 Å². The van der Waals surface area contributed by atoms with Crippen LogP contribution in [0.3, 0.4) is 0 Å². The number of halogens is 1. The normalized spacial score (nSPS) is 12.5. The van der Waals surface area contributed by atoms with Gasteiger partial charge >= 0.3 is 0 Å². The summed E-state index contributed by atoms with van der Waals surface area (Å²) in [5, 5.41) is 0.604. The molecule has 0 bridgehead atoms. The lowest BCUT2D eigenvalue weighted by Gasteiger charge is -2.24. The third-order valence-corrected chi connectivity index (χ3v) is 4.09. The van der Waals surface area contributed by atoms with E-state index in [1.165, 1.54) is 0 Å². The highest BCUT2D eigenvalue weighted by Gasteiger charge is 2.22. The van der Waals surface area contributed by atoms with Crippen LogP contribution in [-0.2, 0) is 0 Å². The first-order chi connectivity index (χ1) is 10.6. The molecule has 1 aromatic carbocycles. The third-order valence-electron chi connectivity index (χ3n) is 3.79. The molecule has 4 nitrogen and oxygen atoms in total. The second-order valence-corrected chi connectivity index (χ2v) is 5.94. The van der Waals surface area contributed by atoms with Crippen molar-refractivity contribution in [1.82, 2.24) is 0 Å². The van der Waals surface area contributed by atoms with Gasteiger partial charge in [-0.15, -0.1) is 0 Å². The minimum atomic E-state index is 0.180. The fourth-order valence-electron chi connectivity index (χ4n) is 2.32. The van der Waals surface area contributed by atoms with E-state index in [9.17, 15) is 0 Å². The summed E-state index contributed by atoms with van der Waals surface area (Å²) in [7, 11) is 0. The van der Waals surface area contributed by atoms with Crippen LogP contribution in [0.1, 0.15) is 45.1 Å². The van der Waals surface area contributed by atoms with Gasteiger partial charge in [0.1, 0.15) is 11.5 Å². The Balaban J connectivity index is 3.14. The molecule has 4 N–H and O–H groups in total. The van der Waals surface area contributed by atoms with Crippen molar-refractivity contribution in [2.45, 2.75) is 39.5 Å². The van der Waals surface area contributed by atoms with E-state index < -0.39 is 0 Å². The van der Waals surface area contributed by atoms with Gasteiger partial charge in [0.2, 0.25) is 0 Å². The number of benzene rings is 1. The predicted molar refractivity (Wildman–Crippen MR) is 93.0 cm³/mol. The molecule has 5 heteroatoms. The highest BCUT2D eigenvalue weighted by atomic mass is 35.5. The molecule has 22 heavy (non-hydrogen) atoms. The van der Waals surface area contributed by atoms with E-state index in [0.29, 0.717) is 37.1 Å². The first kappa shape index (κ1) is 19.1. The Bertz CT molecular complexity index is 451. The van der Waals surface area contributed by atoms with E-state index in [0.717, 1.165) is 24.2 Å². The zero-order valence-corrected chi connectivity index (χ0v) is 14.7. The maximum Gasteiger partial charge on any atom is 0.141 e. The maximum atomic E-state index is 6.36. The number of nitrogens with two attached hydrogens (primary N) is 2. The SMILES string of the molecule is CCCOc1cc(OCCC)c(C(C)C(CN)CN)cc1Cl. The van der Waals surface area contributed by atoms with E-state index in [2.05, 4.69) is 20.8 Å². The van der Waals surface area contributed by atoms with Crippen LogP contribution >= 0.6 is 11.6 Å². The highest BCUT2D eigenvalue weighted by Crippen LogP contribution is 2.39. The molecule has 1 aromatic rings. The number of ether oxygens (including phenoxy) is 2. The van der Waals surface area contributed by atoms with Crippen molar-refractivity contribution in [3.05, 3.63) is 22.7 Å². The highest BCUT2D eigenvalue weighted by molar-refractivity contribution is 6.32. The minimum Gasteiger partial charge on any atom is -0.493 e. The van der Waals surface area contributed by atoms with Gasteiger partial charge in [0.05, 0.1) is 18.2 Å². The Morgan fingerprint density at radius 2 is 1.55 bits per heavy atom. The van der Waals surface area contributed by atoms with Crippen molar-refractivity contribution < 1.29 is 9.47 Å². The Morgan fingerprint density at radius 3 is 2.05 bits per heavy atom. The molecule has 1 atom stereocenters. The molecule has 0 aliphatic rings. The predicted octanol–water partition coefficient (Wildman–Crippen LogP) is 3.55. The summed E-state index contributed by atoms with van der Waals surface area (Å²) in [5.74, 6) is 1.86. The van der Waals surface area contributed by atoms with Crippen molar-refractivity contribution in [1.29, 1.82) is 0 Å². The van der Waals surface area contributed by atoms with Gasteiger partial charge in [0, 0.05) is 6.07 Å². The van der Waals surface area contributed by atoms with Gasteiger partial charge in [-0.2, -0.15) is 0 Å². The number of hydrogen-bond acceptors (Lipinski definition) is 4. The number of hydrogen-bond donors (Lipinski definition) is 2. The minimum absolute atomic E-state index is 0.180. The van der Waals surface area contributed by atoms with Crippen LogP contribution in [0.5, 0.6) is 11.5 Å². The van der Waals surface area contributed by atoms with Gasteiger partial charge in [-0.05, 0) is 49.4 Å². The molecular weight excluding hydrogens is 300 g/mol. The average Bonchev–Trinajstić information content (AvgIpc) is 2.53. The van der Waals surface area contributed by atoms with Gasteiger partial charge in [-0.1, -0.05) is 32.4 Å². The van der Waals surface area contributed by atoms with Crippen LogP contribution < -0.4 is 20.9 Å². The molecule has 1 rings (SSSR count). The molecule has 1 unspecified atom stereocenters. The summed E-state index contributed by atoms with van der Waals surface area (Å²) in [5.41, 5.74) is 12.7. The first-order valence-electron chi connectivity index (χ1n) is 8.08. The summed E-state index contributed by atoms with van der Waals surface area (Å²) in [6, 6.07) is 3.82.